The molecule has 3 rings (SSSR count). The van der Waals surface area contributed by atoms with E-state index < -0.39 is 23.8 Å². The predicted octanol–water partition coefficient (Wildman–Crippen LogP) is 4.19. The Morgan fingerprint density at radius 1 is 1.14 bits per heavy atom. The summed E-state index contributed by atoms with van der Waals surface area (Å²) >= 11 is 1.42. The first-order chi connectivity index (χ1) is 13.3. The third-order valence-corrected chi connectivity index (χ3v) is 6.93. The molecule has 2 aliphatic rings. The van der Waals surface area contributed by atoms with E-state index in [2.05, 4.69) is 5.32 Å². The lowest BCUT2D eigenvalue weighted by atomic mass is 9.76. The number of anilines is 1. The molecule has 2 N–H and O–H groups in total. The molecule has 1 amide bonds. The summed E-state index contributed by atoms with van der Waals surface area (Å²) in [7, 11) is 0. The van der Waals surface area contributed by atoms with Gasteiger partial charge in [0, 0.05) is 4.88 Å². The molecule has 6 nitrogen and oxygen atoms in total. The van der Waals surface area contributed by atoms with Gasteiger partial charge in [0.15, 0.2) is 0 Å². The Hall–Kier alpha value is -2.15. The molecule has 0 saturated carbocycles. The SMILES string of the molecule is CCCOC(=O)c1c(NC(=O)[C@H]2CC(C)=C(C)C[C@@H]2C(=O)O)sc2c1CCC2. The van der Waals surface area contributed by atoms with E-state index >= 15 is 0 Å². The quantitative estimate of drug-likeness (QED) is 0.547. The molecule has 1 aromatic rings. The third-order valence-electron chi connectivity index (χ3n) is 5.72. The third kappa shape index (κ3) is 3.99. The van der Waals surface area contributed by atoms with E-state index in [4.69, 9.17) is 4.74 Å². The summed E-state index contributed by atoms with van der Waals surface area (Å²) in [5.41, 5.74) is 3.54. The number of thiophene rings is 1. The van der Waals surface area contributed by atoms with Crippen molar-refractivity contribution in [2.24, 2.45) is 11.8 Å². The minimum absolute atomic E-state index is 0.330. The monoisotopic (exact) mass is 405 g/mol. The van der Waals surface area contributed by atoms with Crippen molar-refractivity contribution in [1.82, 2.24) is 0 Å². The topological polar surface area (TPSA) is 92.7 Å². The van der Waals surface area contributed by atoms with Crippen molar-refractivity contribution < 1.29 is 24.2 Å². The van der Waals surface area contributed by atoms with Crippen LogP contribution < -0.4 is 5.32 Å². The number of nitrogens with one attached hydrogen (secondary N) is 1. The van der Waals surface area contributed by atoms with Crippen molar-refractivity contribution in [2.75, 3.05) is 11.9 Å². The Kier molecular flexibility index (Phi) is 6.23. The van der Waals surface area contributed by atoms with Crippen LogP contribution in [0.3, 0.4) is 0 Å². The fourth-order valence-corrected chi connectivity index (χ4v) is 5.29. The standard InChI is InChI=1S/C21H27NO5S/c1-4-8-27-21(26)17-13-6-5-7-16(13)28-19(17)22-18(23)14-9-11(2)12(3)10-15(14)20(24)25/h14-15H,4-10H2,1-3H3,(H,22,23)(H,24,25)/t14-,15-/m0/s1. The molecule has 7 heteroatoms. The number of hydrogen-bond acceptors (Lipinski definition) is 5. The van der Waals surface area contributed by atoms with Gasteiger partial charge in [0.25, 0.3) is 0 Å². The lowest BCUT2D eigenvalue weighted by Gasteiger charge is -2.29. The van der Waals surface area contributed by atoms with Crippen LogP contribution in [-0.2, 0) is 27.2 Å². The molecule has 0 unspecified atom stereocenters. The largest absolute Gasteiger partial charge is 0.481 e. The number of carbonyl (C=O) groups is 3. The van der Waals surface area contributed by atoms with Gasteiger partial charge in [-0.15, -0.1) is 11.3 Å². The van der Waals surface area contributed by atoms with Crippen LogP contribution in [0.15, 0.2) is 11.1 Å². The molecular weight excluding hydrogens is 378 g/mol. The second kappa shape index (κ2) is 8.47. The lowest BCUT2D eigenvalue weighted by molar-refractivity contribution is -0.146. The normalized spacial score (nSPS) is 21.4. The molecule has 0 aliphatic heterocycles. The van der Waals surface area contributed by atoms with Gasteiger partial charge in [-0.1, -0.05) is 18.1 Å². The highest BCUT2D eigenvalue weighted by atomic mass is 32.1. The first kappa shape index (κ1) is 20.6. The molecule has 0 bridgehead atoms. The summed E-state index contributed by atoms with van der Waals surface area (Å²) in [6, 6.07) is 0. The van der Waals surface area contributed by atoms with Gasteiger partial charge < -0.3 is 15.2 Å². The minimum Gasteiger partial charge on any atom is -0.481 e. The summed E-state index contributed by atoms with van der Waals surface area (Å²) in [6.45, 7) is 6.14. The Bertz CT molecular complexity index is 838. The highest BCUT2D eigenvalue weighted by molar-refractivity contribution is 7.17. The number of amides is 1. The van der Waals surface area contributed by atoms with Crippen LogP contribution in [0.1, 0.15) is 67.3 Å². The van der Waals surface area contributed by atoms with Gasteiger partial charge in [-0.3, -0.25) is 9.59 Å². The maximum absolute atomic E-state index is 13.0. The van der Waals surface area contributed by atoms with Gasteiger partial charge in [-0.2, -0.15) is 0 Å². The molecule has 152 valence electrons. The maximum Gasteiger partial charge on any atom is 0.341 e. The Morgan fingerprint density at radius 3 is 2.46 bits per heavy atom. The van der Waals surface area contributed by atoms with Crippen molar-refractivity contribution >= 4 is 34.2 Å². The molecule has 0 spiro atoms. The van der Waals surface area contributed by atoms with Crippen LogP contribution in [-0.4, -0.2) is 29.6 Å². The van der Waals surface area contributed by atoms with Crippen LogP contribution in [0.25, 0.3) is 0 Å². The number of allylic oxidation sites excluding steroid dienone is 2. The Balaban J connectivity index is 1.86. The number of carboxylic acid groups (broad SMARTS) is 1. The average Bonchev–Trinajstić information content (AvgIpc) is 3.21. The van der Waals surface area contributed by atoms with Gasteiger partial charge in [0.2, 0.25) is 5.91 Å². The predicted molar refractivity (Wildman–Crippen MR) is 108 cm³/mol. The Labute approximate surface area is 169 Å². The highest BCUT2D eigenvalue weighted by Crippen LogP contribution is 2.41. The molecule has 2 aliphatic carbocycles. The van der Waals surface area contributed by atoms with E-state index in [1.165, 1.54) is 11.3 Å². The van der Waals surface area contributed by atoms with E-state index in [1.807, 2.05) is 20.8 Å². The number of fused-ring (bicyclic) bond motifs is 1. The number of rotatable bonds is 6. The molecule has 0 aromatic carbocycles. The fraction of sp³-hybridized carbons (Fsp3) is 0.571. The Morgan fingerprint density at radius 2 is 1.82 bits per heavy atom. The average molecular weight is 406 g/mol. The summed E-state index contributed by atoms with van der Waals surface area (Å²) in [5, 5.41) is 13.0. The number of carboxylic acids is 1. The van der Waals surface area contributed by atoms with E-state index in [-0.39, 0.29) is 5.91 Å². The van der Waals surface area contributed by atoms with Gasteiger partial charge in [-0.05, 0) is 57.9 Å². The molecule has 0 saturated heterocycles. The van der Waals surface area contributed by atoms with Crippen LogP contribution in [0.2, 0.25) is 0 Å². The first-order valence-electron chi connectivity index (χ1n) is 9.84. The van der Waals surface area contributed by atoms with Crippen LogP contribution in [0, 0.1) is 11.8 Å². The van der Waals surface area contributed by atoms with Crippen LogP contribution >= 0.6 is 11.3 Å². The zero-order valence-electron chi connectivity index (χ0n) is 16.6. The minimum atomic E-state index is -0.955. The smallest absolute Gasteiger partial charge is 0.341 e. The van der Waals surface area contributed by atoms with E-state index in [9.17, 15) is 19.5 Å². The van der Waals surface area contributed by atoms with Gasteiger partial charge >= 0.3 is 11.9 Å². The second-order valence-electron chi connectivity index (χ2n) is 7.71. The summed E-state index contributed by atoms with van der Waals surface area (Å²) in [4.78, 5) is 38.4. The fourth-order valence-electron chi connectivity index (χ4n) is 4.01. The molecule has 2 atom stereocenters. The molecule has 1 heterocycles. The lowest BCUT2D eigenvalue weighted by Crippen LogP contribution is -2.36. The van der Waals surface area contributed by atoms with Crippen LogP contribution in [0.5, 0.6) is 0 Å². The van der Waals surface area contributed by atoms with Crippen LogP contribution in [0.4, 0.5) is 5.00 Å². The van der Waals surface area contributed by atoms with Crippen molar-refractivity contribution in [2.45, 2.75) is 59.3 Å². The van der Waals surface area contributed by atoms with Crippen molar-refractivity contribution in [3.63, 3.8) is 0 Å². The number of aliphatic carboxylic acids is 1. The van der Waals surface area contributed by atoms with Crippen molar-refractivity contribution in [3.05, 3.63) is 27.2 Å². The van der Waals surface area contributed by atoms with Gasteiger partial charge in [-0.25, -0.2) is 4.79 Å². The molecule has 28 heavy (non-hydrogen) atoms. The molecule has 1 aromatic heterocycles. The summed E-state index contributed by atoms with van der Waals surface area (Å²) in [5.74, 6) is -3.07. The number of esters is 1. The molecule has 0 fully saturated rings. The van der Waals surface area contributed by atoms with E-state index in [0.29, 0.717) is 30.0 Å². The highest BCUT2D eigenvalue weighted by Gasteiger charge is 2.38. The van der Waals surface area contributed by atoms with E-state index in [1.54, 1.807) is 0 Å². The number of aryl methyl sites for hydroxylation is 1. The van der Waals surface area contributed by atoms with Crippen molar-refractivity contribution in [3.8, 4) is 0 Å². The number of hydrogen-bond donors (Lipinski definition) is 2. The maximum atomic E-state index is 13.0. The zero-order valence-corrected chi connectivity index (χ0v) is 17.4. The number of carbonyl (C=O) groups excluding carboxylic acids is 2. The second-order valence-corrected chi connectivity index (χ2v) is 8.81. The number of ether oxygens (including phenoxy) is 1. The van der Waals surface area contributed by atoms with E-state index in [0.717, 1.165) is 47.3 Å². The summed E-state index contributed by atoms with van der Waals surface area (Å²) in [6.07, 6.45) is 4.23. The summed E-state index contributed by atoms with van der Waals surface area (Å²) < 4.78 is 5.33. The zero-order chi connectivity index (χ0) is 20.4. The first-order valence-corrected chi connectivity index (χ1v) is 10.7. The molecule has 0 radical (unpaired) electrons. The van der Waals surface area contributed by atoms with Gasteiger partial charge in [0.1, 0.15) is 5.00 Å². The van der Waals surface area contributed by atoms with Crippen molar-refractivity contribution in [1.29, 1.82) is 0 Å². The molecular formula is C21H27NO5S. The van der Waals surface area contributed by atoms with Gasteiger partial charge in [0.05, 0.1) is 24.0 Å².